The van der Waals surface area contributed by atoms with Gasteiger partial charge in [0, 0.05) is 24.2 Å². The van der Waals surface area contributed by atoms with Gasteiger partial charge in [0.1, 0.15) is 11.5 Å². The fraction of sp³-hybridized carbons (Fsp3) is 0.211. The molecule has 4 aromatic rings. The highest BCUT2D eigenvalue weighted by Gasteiger charge is 2.29. The number of para-hydroxylation sites is 1. The maximum absolute atomic E-state index is 14.4. The summed E-state index contributed by atoms with van der Waals surface area (Å²) in [6.07, 6.45) is 0. The minimum atomic E-state index is -0.462. The van der Waals surface area contributed by atoms with Gasteiger partial charge in [-0.3, -0.25) is 0 Å². The smallest absolute Gasteiger partial charge is 0.198 e. The Bertz CT molecular complexity index is 1120. The average molecular weight is 399 g/mol. The van der Waals surface area contributed by atoms with Crippen molar-refractivity contribution in [2.24, 2.45) is 0 Å². The largest absolute Gasteiger partial charge is 0.378 e. The van der Waals surface area contributed by atoms with Gasteiger partial charge in [-0.15, -0.1) is 5.10 Å². The summed E-state index contributed by atoms with van der Waals surface area (Å²) in [5.41, 5.74) is 3.22. The Morgan fingerprint density at radius 2 is 1.86 bits per heavy atom. The van der Waals surface area contributed by atoms with Gasteiger partial charge in [0.15, 0.2) is 5.82 Å². The summed E-state index contributed by atoms with van der Waals surface area (Å²) in [5, 5.41) is 15.2. The van der Waals surface area contributed by atoms with Gasteiger partial charge in [-0.2, -0.15) is 0 Å². The molecule has 0 amide bonds. The number of hydrogen-bond donors (Lipinski definition) is 1. The summed E-state index contributed by atoms with van der Waals surface area (Å²) in [6.45, 7) is 2.49. The summed E-state index contributed by atoms with van der Waals surface area (Å²) in [5.74, 6) is 0.0224. The van der Waals surface area contributed by atoms with E-state index in [1.165, 1.54) is 6.07 Å². The van der Waals surface area contributed by atoms with E-state index in [4.69, 9.17) is 16.3 Å². The molecule has 5 rings (SSSR count). The van der Waals surface area contributed by atoms with Crippen LogP contribution in [0.1, 0.15) is 0 Å². The molecule has 1 aliphatic rings. The number of nitrogens with one attached hydrogen (secondary N) is 1. The van der Waals surface area contributed by atoms with Crippen LogP contribution in [0.4, 0.5) is 10.1 Å². The number of nitrogens with zero attached hydrogens (tertiary/aromatic N) is 5. The number of rotatable bonds is 3. The molecule has 7 nitrogen and oxygen atoms in total. The minimum Gasteiger partial charge on any atom is -0.378 e. The van der Waals surface area contributed by atoms with Gasteiger partial charge in [0.2, 0.25) is 0 Å². The van der Waals surface area contributed by atoms with E-state index in [0.29, 0.717) is 37.5 Å². The maximum Gasteiger partial charge on any atom is 0.198 e. The molecule has 9 heteroatoms. The monoisotopic (exact) mass is 398 g/mol. The molecule has 28 heavy (non-hydrogen) atoms. The molecular formula is C19H16ClFN6O. The summed E-state index contributed by atoms with van der Waals surface area (Å²) >= 11 is 6.48. The SMILES string of the molecule is Fc1ccc2c(c1Cl)c(N1CCOCC1)c(-c1nnn[nH]1)n2-c1ccccc1. The highest BCUT2D eigenvalue weighted by molar-refractivity contribution is 6.37. The second kappa shape index (κ2) is 6.88. The zero-order valence-electron chi connectivity index (χ0n) is 14.8. The van der Waals surface area contributed by atoms with Gasteiger partial charge in [0.05, 0.1) is 29.4 Å². The molecule has 142 valence electrons. The van der Waals surface area contributed by atoms with Crippen molar-refractivity contribution in [1.29, 1.82) is 0 Å². The van der Waals surface area contributed by atoms with E-state index in [9.17, 15) is 4.39 Å². The van der Waals surface area contributed by atoms with Crippen LogP contribution in [0.5, 0.6) is 0 Å². The summed E-state index contributed by atoms with van der Waals surface area (Å²) in [7, 11) is 0. The minimum absolute atomic E-state index is 0.0856. The lowest BCUT2D eigenvalue weighted by molar-refractivity contribution is 0.123. The standard InChI is InChI=1S/C19H16ClFN6O/c20-16-13(21)6-7-14-15(16)17(26-8-10-28-11-9-26)18(19-22-24-25-23-19)27(14)12-4-2-1-3-5-12/h1-7H,8-11H2,(H,22,23,24,25). The highest BCUT2D eigenvalue weighted by Crippen LogP contribution is 2.45. The number of aromatic nitrogens is 5. The lowest BCUT2D eigenvalue weighted by atomic mass is 10.1. The molecule has 0 bridgehead atoms. The number of halogens is 2. The zero-order chi connectivity index (χ0) is 19.1. The van der Waals surface area contributed by atoms with Crippen molar-refractivity contribution in [1.82, 2.24) is 25.2 Å². The number of ether oxygens (including phenoxy) is 1. The van der Waals surface area contributed by atoms with Crippen molar-refractivity contribution in [2.75, 3.05) is 31.2 Å². The fourth-order valence-electron chi connectivity index (χ4n) is 3.71. The van der Waals surface area contributed by atoms with Crippen LogP contribution < -0.4 is 4.90 Å². The fourth-order valence-corrected chi connectivity index (χ4v) is 3.96. The zero-order valence-corrected chi connectivity index (χ0v) is 15.5. The maximum atomic E-state index is 14.4. The van der Waals surface area contributed by atoms with Crippen LogP contribution in [0.25, 0.3) is 28.1 Å². The van der Waals surface area contributed by atoms with Crippen LogP contribution in [0.2, 0.25) is 5.02 Å². The van der Waals surface area contributed by atoms with Gasteiger partial charge in [-0.1, -0.05) is 29.8 Å². The van der Waals surface area contributed by atoms with E-state index in [2.05, 4.69) is 25.5 Å². The quantitative estimate of drug-likeness (QED) is 0.572. The first-order valence-electron chi connectivity index (χ1n) is 8.90. The normalized spacial score (nSPS) is 14.7. The summed E-state index contributed by atoms with van der Waals surface area (Å²) in [4.78, 5) is 2.15. The number of aromatic amines is 1. The Labute approximate surface area is 164 Å². The second-order valence-corrected chi connectivity index (χ2v) is 6.85. The number of tetrazole rings is 1. The molecule has 1 N–H and O–H groups in total. The van der Waals surface area contributed by atoms with Crippen molar-refractivity contribution in [2.45, 2.75) is 0 Å². The van der Waals surface area contributed by atoms with Crippen LogP contribution in [-0.4, -0.2) is 51.5 Å². The third-order valence-electron chi connectivity index (χ3n) is 4.91. The van der Waals surface area contributed by atoms with E-state index in [0.717, 1.165) is 22.6 Å². The molecule has 0 saturated carbocycles. The van der Waals surface area contributed by atoms with Gasteiger partial charge < -0.3 is 14.2 Å². The number of benzene rings is 2. The van der Waals surface area contributed by atoms with Crippen molar-refractivity contribution >= 4 is 28.2 Å². The van der Waals surface area contributed by atoms with Crippen molar-refractivity contribution in [3.8, 4) is 17.2 Å². The molecule has 0 unspecified atom stereocenters. The van der Waals surface area contributed by atoms with Gasteiger partial charge in [-0.05, 0) is 34.7 Å². The molecule has 1 fully saturated rings. The average Bonchev–Trinajstić information content (AvgIpc) is 3.38. The van der Waals surface area contributed by atoms with E-state index >= 15 is 0 Å². The molecule has 2 aromatic heterocycles. The topological polar surface area (TPSA) is 71.9 Å². The van der Waals surface area contributed by atoms with Crippen LogP contribution >= 0.6 is 11.6 Å². The predicted octanol–water partition coefficient (Wildman–Crippen LogP) is 3.44. The van der Waals surface area contributed by atoms with Gasteiger partial charge >= 0.3 is 0 Å². The summed E-state index contributed by atoms with van der Waals surface area (Å²) in [6, 6.07) is 12.9. The molecule has 2 aromatic carbocycles. The van der Waals surface area contributed by atoms with Crippen LogP contribution in [0.3, 0.4) is 0 Å². The van der Waals surface area contributed by atoms with Crippen molar-refractivity contribution in [3.63, 3.8) is 0 Å². The van der Waals surface area contributed by atoms with E-state index in [-0.39, 0.29) is 5.02 Å². The molecule has 1 saturated heterocycles. The number of hydrogen-bond acceptors (Lipinski definition) is 5. The third kappa shape index (κ3) is 2.64. The number of anilines is 1. The van der Waals surface area contributed by atoms with Crippen molar-refractivity contribution < 1.29 is 9.13 Å². The molecule has 0 spiro atoms. The third-order valence-corrected chi connectivity index (χ3v) is 5.28. The van der Waals surface area contributed by atoms with Gasteiger partial charge in [0.25, 0.3) is 0 Å². The van der Waals surface area contributed by atoms with Crippen molar-refractivity contribution in [3.05, 3.63) is 53.3 Å². The highest BCUT2D eigenvalue weighted by atomic mass is 35.5. The van der Waals surface area contributed by atoms with E-state index in [1.807, 2.05) is 34.9 Å². The first-order chi connectivity index (χ1) is 13.8. The first-order valence-corrected chi connectivity index (χ1v) is 9.28. The predicted molar refractivity (Wildman–Crippen MR) is 104 cm³/mol. The Morgan fingerprint density at radius 3 is 2.57 bits per heavy atom. The first kappa shape index (κ1) is 17.2. The lowest BCUT2D eigenvalue weighted by Crippen LogP contribution is -2.36. The van der Waals surface area contributed by atoms with E-state index < -0.39 is 5.82 Å². The summed E-state index contributed by atoms with van der Waals surface area (Å²) < 4.78 is 22.0. The lowest BCUT2D eigenvalue weighted by Gasteiger charge is -2.29. The van der Waals surface area contributed by atoms with Gasteiger partial charge in [-0.25, -0.2) is 9.49 Å². The van der Waals surface area contributed by atoms with Crippen LogP contribution in [0, 0.1) is 5.82 Å². The second-order valence-electron chi connectivity index (χ2n) is 6.47. The number of morpholine rings is 1. The Kier molecular flexibility index (Phi) is 4.22. The van der Waals surface area contributed by atoms with E-state index in [1.54, 1.807) is 6.07 Å². The molecule has 0 aliphatic carbocycles. The molecule has 1 aliphatic heterocycles. The van der Waals surface area contributed by atoms with Crippen LogP contribution in [-0.2, 0) is 4.74 Å². The molecular weight excluding hydrogens is 383 g/mol. The Hall–Kier alpha value is -2.97. The molecule has 0 radical (unpaired) electrons. The molecule has 3 heterocycles. The number of H-pyrrole nitrogens is 1. The molecule has 0 atom stereocenters. The van der Waals surface area contributed by atoms with Crippen LogP contribution in [0.15, 0.2) is 42.5 Å². The number of fused-ring (bicyclic) bond motifs is 1. The Balaban J connectivity index is 1.92. The Morgan fingerprint density at radius 1 is 1.07 bits per heavy atom.